The Balaban J connectivity index is 2.50. The molecule has 0 bridgehead atoms. The molecule has 0 aliphatic carbocycles. The summed E-state index contributed by atoms with van der Waals surface area (Å²) in [5, 5.41) is 3.19. The highest BCUT2D eigenvalue weighted by Gasteiger charge is 2.06. The van der Waals surface area contributed by atoms with E-state index in [9.17, 15) is 0 Å². The molecular weight excluding hydrogens is 224 g/mol. The molecule has 94 valence electrons. The molecule has 3 heteroatoms. The van der Waals surface area contributed by atoms with Gasteiger partial charge >= 0.3 is 0 Å². The van der Waals surface area contributed by atoms with Crippen LogP contribution in [0, 0.1) is 6.92 Å². The summed E-state index contributed by atoms with van der Waals surface area (Å²) in [6.07, 6.45) is 3.59. The Bertz CT molecular complexity index is 538. The zero-order valence-electron chi connectivity index (χ0n) is 11.0. The largest absolute Gasteiger partial charge is 0.495 e. The van der Waals surface area contributed by atoms with E-state index in [0.717, 1.165) is 17.9 Å². The third kappa shape index (κ3) is 2.68. The van der Waals surface area contributed by atoms with Crippen molar-refractivity contribution in [1.82, 2.24) is 10.3 Å². The predicted molar refractivity (Wildman–Crippen MR) is 73.7 cm³/mol. The van der Waals surface area contributed by atoms with Crippen molar-refractivity contribution in [2.45, 2.75) is 13.5 Å². The summed E-state index contributed by atoms with van der Waals surface area (Å²) in [4.78, 5) is 4.22. The Morgan fingerprint density at radius 1 is 1.22 bits per heavy atom. The number of rotatable bonds is 4. The summed E-state index contributed by atoms with van der Waals surface area (Å²) in [6.45, 7) is 2.94. The van der Waals surface area contributed by atoms with Gasteiger partial charge in [-0.3, -0.25) is 4.98 Å². The fourth-order valence-corrected chi connectivity index (χ4v) is 1.98. The fraction of sp³-hybridized carbons (Fsp3) is 0.267. The summed E-state index contributed by atoms with van der Waals surface area (Å²) in [5.74, 6) is 0.782. The highest BCUT2D eigenvalue weighted by atomic mass is 16.5. The maximum atomic E-state index is 5.23. The van der Waals surface area contributed by atoms with Crippen molar-refractivity contribution >= 4 is 0 Å². The number of nitrogens with one attached hydrogen (secondary N) is 1. The van der Waals surface area contributed by atoms with Crippen LogP contribution in [0.5, 0.6) is 5.75 Å². The van der Waals surface area contributed by atoms with Crippen molar-refractivity contribution < 1.29 is 4.74 Å². The second-order valence-electron chi connectivity index (χ2n) is 4.30. The molecule has 0 spiro atoms. The summed E-state index contributed by atoms with van der Waals surface area (Å²) < 4.78 is 5.23. The number of hydrogen-bond donors (Lipinski definition) is 1. The zero-order chi connectivity index (χ0) is 13.0. The zero-order valence-corrected chi connectivity index (χ0v) is 11.0. The van der Waals surface area contributed by atoms with Crippen LogP contribution in [0.25, 0.3) is 11.1 Å². The molecule has 3 nitrogen and oxygen atoms in total. The fourth-order valence-electron chi connectivity index (χ4n) is 1.98. The Morgan fingerprint density at radius 3 is 2.78 bits per heavy atom. The summed E-state index contributed by atoms with van der Waals surface area (Å²) in [5.41, 5.74) is 4.80. The smallest absolute Gasteiger partial charge is 0.137 e. The normalized spacial score (nSPS) is 10.4. The molecule has 0 fully saturated rings. The first kappa shape index (κ1) is 12.6. The van der Waals surface area contributed by atoms with Gasteiger partial charge in [-0.25, -0.2) is 0 Å². The van der Waals surface area contributed by atoms with Crippen LogP contribution < -0.4 is 10.1 Å². The summed E-state index contributed by atoms with van der Waals surface area (Å²) in [6, 6.07) is 8.48. The van der Waals surface area contributed by atoms with E-state index in [-0.39, 0.29) is 0 Å². The van der Waals surface area contributed by atoms with Crippen LogP contribution in [0.2, 0.25) is 0 Å². The average molecular weight is 242 g/mol. The van der Waals surface area contributed by atoms with E-state index in [1.807, 2.05) is 19.3 Å². The van der Waals surface area contributed by atoms with Gasteiger partial charge < -0.3 is 10.1 Å². The Hall–Kier alpha value is -1.87. The Morgan fingerprint density at radius 2 is 2.06 bits per heavy atom. The van der Waals surface area contributed by atoms with Crippen LogP contribution in [0.3, 0.4) is 0 Å². The van der Waals surface area contributed by atoms with Gasteiger partial charge in [0.2, 0.25) is 0 Å². The number of ether oxygens (including phenoxy) is 1. The summed E-state index contributed by atoms with van der Waals surface area (Å²) in [7, 11) is 3.61. The van der Waals surface area contributed by atoms with Crippen LogP contribution in [-0.2, 0) is 6.54 Å². The third-order valence-electron chi connectivity index (χ3n) is 2.89. The first-order valence-electron chi connectivity index (χ1n) is 5.98. The molecule has 2 rings (SSSR count). The molecule has 0 radical (unpaired) electrons. The lowest BCUT2D eigenvalue weighted by atomic mass is 9.98. The molecule has 0 saturated carbocycles. The molecule has 0 amide bonds. The molecule has 1 aromatic heterocycles. The van der Waals surface area contributed by atoms with Gasteiger partial charge in [-0.15, -0.1) is 0 Å². The topological polar surface area (TPSA) is 34.2 Å². The summed E-state index contributed by atoms with van der Waals surface area (Å²) >= 11 is 0. The molecular formula is C15H18N2O. The number of aromatic nitrogens is 1. The van der Waals surface area contributed by atoms with E-state index in [1.165, 1.54) is 16.7 Å². The quantitative estimate of drug-likeness (QED) is 0.895. The van der Waals surface area contributed by atoms with Gasteiger partial charge in [0.05, 0.1) is 13.3 Å². The SMILES string of the molecule is CNCc1ccc(C)cc1-c1cncc(OC)c1. The molecule has 18 heavy (non-hydrogen) atoms. The number of aryl methyl sites for hydroxylation is 1. The second-order valence-corrected chi connectivity index (χ2v) is 4.30. The number of benzene rings is 1. The number of methoxy groups -OCH3 is 1. The molecule has 0 aliphatic heterocycles. The molecule has 0 saturated heterocycles. The monoisotopic (exact) mass is 242 g/mol. The average Bonchev–Trinajstić information content (AvgIpc) is 2.41. The third-order valence-corrected chi connectivity index (χ3v) is 2.89. The van der Waals surface area contributed by atoms with E-state index in [1.54, 1.807) is 13.3 Å². The van der Waals surface area contributed by atoms with Gasteiger partial charge in [0.25, 0.3) is 0 Å². The van der Waals surface area contributed by atoms with Crippen LogP contribution in [-0.4, -0.2) is 19.1 Å². The van der Waals surface area contributed by atoms with E-state index in [2.05, 4.69) is 35.4 Å². The van der Waals surface area contributed by atoms with E-state index < -0.39 is 0 Å². The lowest BCUT2D eigenvalue weighted by Crippen LogP contribution is -2.06. The molecule has 1 N–H and O–H groups in total. The van der Waals surface area contributed by atoms with E-state index in [4.69, 9.17) is 4.74 Å². The van der Waals surface area contributed by atoms with Gasteiger partial charge in [-0.2, -0.15) is 0 Å². The first-order chi connectivity index (χ1) is 8.74. The lowest BCUT2D eigenvalue weighted by Gasteiger charge is -2.11. The van der Waals surface area contributed by atoms with Crippen molar-refractivity contribution in [3.8, 4) is 16.9 Å². The van der Waals surface area contributed by atoms with Crippen molar-refractivity contribution in [2.75, 3.05) is 14.2 Å². The second kappa shape index (κ2) is 5.65. The molecule has 2 aromatic rings. The van der Waals surface area contributed by atoms with Crippen molar-refractivity contribution in [3.63, 3.8) is 0 Å². The number of pyridine rings is 1. The van der Waals surface area contributed by atoms with Crippen molar-refractivity contribution in [2.24, 2.45) is 0 Å². The minimum Gasteiger partial charge on any atom is -0.495 e. The molecule has 0 unspecified atom stereocenters. The highest BCUT2D eigenvalue weighted by molar-refractivity contribution is 5.68. The minimum atomic E-state index is 0.782. The van der Waals surface area contributed by atoms with Crippen LogP contribution in [0.1, 0.15) is 11.1 Å². The standard InChI is InChI=1S/C15H18N2O/c1-11-4-5-12(8-16-2)15(6-11)13-7-14(18-3)10-17-9-13/h4-7,9-10,16H,8H2,1-3H3. The highest BCUT2D eigenvalue weighted by Crippen LogP contribution is 2.27. The van der Waals surface area contributed by atoms with E-state index in [0.29, 0.717) is 0 Å². The van der Waals surface area contributed by atoms with E-state index >= 15 is 0 Å². The van der Waals surface area contributed by atoms with Crippen molar-refractivity contribution in [3.05, 3.63) is 47.8 Å². The van der Waals surface area contributed by atoms with Gasteiger partial charge in [-0.1, -0.05) is 23.8 Å². The number of hydrogen-bond acceptors (Lipinski definition) is 3. The molecule has 1 heterocycles. The Labute approximate surface area is 108 Å². The predicted octanol–water partition coefficient (Wildman–Crippen LogP) is 2.79. The van der Waals surface area contributed by atoms with Crippen LogP contribution in [0.4, 0.5) is 0 Å². The first-order valence-corrected chi connectivity index (χ1v) is 5.98. The minimum absolute atomic E-state index is 0.782. The molecule has 1 aromatic carbocycles. The van der Waals surface area contributed by atoms with Gasteiger partial charge in [0, 0.05) is 18.3 Å². The number of nitrogens with zero attached hydrogens (tertiary/aromatic N) is 1. The molecule has 0 atom stereocenters. The van der Waals surface area contributed by atoms with Gasteiger partial charge in [-0.05, 0) is 31.2 Å². The maximum absolute atomic E-state index is 5.23. The lowest BCUT2D eigenvalue weighted by molar-refractivity contribution is 0.413. The van der Waals surface area contributed by atoms with Gasteiger partial charge in [0.15, 0.2) is 0 Å². The van der Waals surface area contributed by atoms with Crippen LogP contribution >= 0.6 is 0 Å². The Kier molecular flexibility index (Phi) is 3.95. The maximum Gasteiger partial charge on any atom is 0.137 e. The van der Waals surface area contributed by atoms with Crippen LogP contribution in [0.15, 0.2) is 36.7 Å². The van der Waals surface area contributed by atoms with Gasteiger partial charge in [0.1, 0.15) is 5.75 Å². The van der Waals surface area contributed by atoms with Crippen molar-refractivity contribution in [1.29, 1.82) is 0 Å². The molecule has 0 aliphatic rings.